The van der Waals surface area contributed by atoms with Gasteiger partial charge in [0.25, 0.3) is 0 Å². The molecule has 1 heterocycles. The third kappa shape index (κ3) is 2.96. The first-order chi connectivity index (χ1) is 9.34. The van der Waals surface area contributed by atoms with Gasteiger partial charge in [0.05, 0.1) is 5.03 Å². The van der Waals surface area contributed by atoms with Gasteiger partial charge in [-0.15, -0.1) is 0 Å². The van der Waals surface area contributed by atoms with E-state index < -0.39 is 0 Å². The summed E-state index contributed by atoms with van der Waals surface area (Å²) in [7, 11) is 5.40. The molecular formula is C15H13NS3. The molecule has 0 atom stereocenters. The van der Waals surface area contributed by atoms with E-state index >= 15 is 0 Å². The monoisotopic (exact) mass is 303 g/mol. The summed E-state index contributed by atoms with van der Waals surface area (Å²) >= 11 is 0. The molecule has 2 aromatic carbocycles. The first-order valence-corrected chi connectivity index (χ1v) is 9.51. The Labute approximate surface area is 125 Å². The topological polar surface area (TPSA) is 3.24 Å². The zero-order valence-electron chi connectivity index (χ0n) is 10.4. The Morgan fingerprint density at radius 3 is 2.37 bits per heavy atom. The van der Waals surface area contributed by atoms with Gasteiger partial charge in [-0.3, -0.25) is 0 Å². The second kappa shape index (κ2) is 5.99. The van der Waals surface area contributed by atoms with Crippen LogP contribution in [0.2, 0.25) is 0 Å². The molecule has 4 heteroatoms. The number of hydrogen-bond donors (Lipinski definition) is 0. The lowest BCUT2D eigenvalue weighted by Crippen LogP contribution is -2.13. The second-order valence-corrected chi connectivity index (χ2v) is 8.07. The summed E-state index contributed by atoms with van der Waals surface area (Å²) in [6.45, 7) is 2.13. The number of anilines is 2. The minimum atomic E-state index is 1.20. The molecule has 2 aromatic rings. The average molecular weight is 303 g/mol. The maximum Gasteiger partial charge on any atom is 0.0987 e. The number of para-hydroxylation sites is 1. The Morgan fingerprint density at radius 1 is 0.895 bits per heavy atom. The molecule has 3 rings (SSSR count). The van der Waals surface area contributed by atoms with Crippen molar-refractivity contribution in [2.24, 2.45) is 0 Å². The molecule has 0 N–H and O–H groups in total. The molecule has 0 bridgehead atoms. The molecule has 96 valence electrons. The second-order valence-electron chi connectivity index (χ2n) is 4.21. The van der Waals surface area contributed by atoms with Crippen LogP contribution < -0.4 is 4.90 Å². The van der Waals surface area contributed by atoms with E-state index in [0.29, 0.717) is 0 Å². The predicted octanol–water partition coefficient (Wildman–Crippen LogP) is 5.98. The van der Waals surface area contributed by atoms with Crippen molar-refractivity contribution in [3.8, 4) is 0 Å². The van der Waals surface area contributed by atoms with E-state index in [1.165, 1.54) is 22.0 Å². The fraction of sp³-hybridized carbons (Fsp3) is 0.0667. The SMILES string of the molecule is Cc1cccc(N(C2=CSSS2)c2ccccc2)c1. The van der Waals surface area contributed by atoms with Crippen LogP contribution in [-0.4, -0.2) is 0 Å². The smallest absolute Gasteiger partial charge is 0.0987 e. The Kier molecular flexibility index (Phi) is 4.11. The van der Waals surface area contributed by atoms with Crippen molar-refractivity contribution >= 4 is 42.8 Å². The number of benzene rings is 2. The largest absolute Gasteiger partial charge is 0.304 e. The van der Waals surface area contributed by atoms with Gasteiger partial charge >= 0.3 is 0 Å². The molecule has 0 aliphatic carbocycles. The Morgan fingerprint density at radius 2 is 1.68 bits per heavy atom. The van der Waals surface area contributed by atoms with Crippen LogP contribution in [-0.2, 0) is 0 Å². The van der Waals surface area contributed by atoms with E-state index in [1.807, 2.05) is 10.8 Å². The zero-order valence-corrected chi connectivity index (χ0v) is 12.9. The first kappa shape index (κ1) is 13.0. The number of rotatable bonds is 3. The van der Waals surface area contributed by atoms with Crippen molar-refractivity contribution in [2.45, 2.75) is 6.92 Å². The maximum atomic E-state index is 2.31. The summed E-state index contributed by atoms with van der Waals surface area (Å²) in [4.78, 5) is 2.31. The van der Waals surface area contributed by atoms with Crippen molar-refractivity contribution in [3.63, 3.8) is 0 Å². The predicted molar refractivity (Wildman–Crippen MR) is 90.6 cm³/mol. The van der Waals surface area contributed by atoms with E-state index in [2.05, 4.69) is 71.8 Å². The third-order valence-corrected chi connectivity index (χ3v) is 6.45. The minimum absolute atomic E-state index is 1.20. The van der Waals surface area contributed by atoms with Crippen LogP contribution in [0.1, 0.15) is 5.56 Å². The highest BCUT2D eigenvalue weighted by Gasteiger charge is 2.18. The van der Waals surface area contributed by atoms with Gasteiger partial charge in [0, 0.05) is 16.8 Å². The molecule has 0 unspecified atom stereocenters. The molecule has 0 aromatic heterocycles. The van der Waals surface area contributed by atoms with Crippen molar-refractivity contribution in [2.75, 3.05) is 4.90 Å². The molecule has 1 nitrogen and oxygen atoms in total. The summed E-state index contributed by atoms with van der Waals surface area (Å²) < 4.78 is 0. The molecule has 0 spiro atoms. The highest BCUT2D eigenvalue weighted by molar-refractivity contribution is 9.11. The summed E-state index contributed by atoms with van der Waals surface area (Å²) in [6, 6.07) is 19.1. The molecule has 1 aliphatic rings. The van der Waals surface area contributed by atoms with Gasteiger partial charge < -0.3 is 4.90 Å². The lowest BCUT2D eigenvalue weighted by Gasteiger charge is -2.25. The lowest BCUT2D eigenvalue weighted by molar-refractivity contribution is 1.26. The van der Waals surface area contributed by atoms with Crippen molar-refractivity contribution in [3.05, 3.63) is 70.6 Å². The van der Waals surface area contributed by atoms with Crippen LogP contribution in [0.15, 0.2) is 65.0 Å². The quantitative estimate of drug-likeness (QED) is 0.642. The Hall–Kier alpha value is -0.970. The van der Waals surface area contributed by atoms with E-state index in [9.17, 15) is 0 Å². The Bertz CT molecular complexity index is 595. The van der Waals surface area contributed by atoms with E-state index in [4.69, 9.17) is 0 Å². The average Bonchev–Trinajstić information content (AvgIpc) is 2.94. The van der Waals surface area contributed by atoms with Gasteiger partial charge in [-0.25, -0.2) is 0 Å². The molecule has 1 aliphatic heterocycles. The first-order valence-electron chi connectivity index (χ1n) is 5.96. The summed E-state index contributed by atoms with van der Waals surface area (Å²) in [5.74, 6) is 0. The standard InChI is InChI=1S/C15H13NS3/c1-12-6-5-9-14(10-12)16(15-11-17-19-18-15)13-7-3-2-4-8-13/h2-11H,1H3. The van der Waals surface area contributed by atoms with Crippen LogP contribution in [0, 0.1) is 6.92 Å². The molecule has 0 fully saturated rings. The van der Waals surface area contributed by atoms with E-state index in [0.717, 1.165) is 0 Å². The molecular weight excluding hydrogens is 290 g/mol. The summed E-state index contributed by atoms with van der Waals surface area (Å²) in [5, 5.41) is 3.48. The van der Waals surface area contributed by atoms with Crippen molar-refractivity contribution in [1.82, 2.24) is 0 Å². The highest BCUT2D eigenvalue weighted by Crippen LogP contribution is 2.52. The van der Waals surface area contributed by atoms with Crippen LogP contribution in [0.4, 0.5) is 11.4 Å². The molecule has 0 saturated carbocycles. The number of nitrogens with zero attached hydrogens (tertiary/aromatic N) is 1. The normalized spacial score (nSPS) is 14.3. The zero-order chi connectivity index (χ0) is 13.1. The van der Waals surface area contributed by atoms with Crippen molar-refractivity contribution in [1.29, 1.82) is 0 Å². The lowest BCUT2D eigenvalue weighted by atomic mass is 10.2. The molecule has 0 amide bonds. The van der Waals surface area contributed by atoms with Gasteiger partial charge in [0.2, 0.25) is 0 Å². The highest BCUT2D eigenvalue weighted by atomic mass is 33.5. The van der Waals surface area contributed by atoms with Gasteiger partial charge in [-0.2, -0.15) is 0 Å². The fourth-order valence-electron chi connectivity index (χ4n) is 1.97. The molecule has 0 saturated heterocycles. The van der Waals surface area contributed by atoms with Gasteiger partial charge in [0.15, 0.2) is 0 Å². The molecule has 0 radical (unpaired) electrons. The summed E-state index contributed by atoms with van der Waals surface area (Å²) in [6.07, 6.45) is 0. The number of aryl methyl sites for hydroxylation is 1. The van der Waals surface area contributed by atoms with Crippen LogP contribution in [0.5, 0.6) is 0 Å². The number of hydrogen-bond acceptors (Lipinski definition) is 4. The van der Waals surface area contributed by atoms with Crippen LogP contribution in [0.3, 0.4) is 0 Å². The fourth-order valence-corrected chi connectivity index (χ4v) is 5.71. The minimum Gasteiger partial charge on any atom is -0.304 e. The van der Waals surface area contributed by atoms with E-state index in [-0.39, 0.29) is 0 Å². The third-order valence-electron chi connectivity index (χ3n) is 2.80. The Balaban J connectivity index is 2.06. The van der Waals surface area contributed by atoms with Crippen LogP contribution >= 0.6 is 31.4 Å². The van der Waals surface area contributed by atoms with Gasteiger partial charge in [-0.1, -0.05) is 41.1 Å². The summed E-state index contributed by atoms with van der Waals surface area (Å²) in [5.41, 5.74) is 3.70. The maximum absolute atomic E-state index is 2.31. The van der Waals surface area contributed by atoms with Crippen molar-refractivity contribution < 1.29 is 0 Å². The van der Waals surface area contributed by atoms with E-state index in [1.54, 1.807) is 20.6 Å². The molecule has 19 heavy (non-hydrogen) atoms. The van der Waals surface area contributed by atoms with Gasteiger partial charge in [-0.05, 0) is 57.4 Å². The van der Waals surface area contributed by atoms with Gasteiger partial charge in [0.1, 0.15) is 0 Å². The van der Waals surface area contributed by atoms with Crippen LogP contribution in [0.25, 0.3) is 0 Å².